The first-order valence-corrected chi connectivity index (χ1v) is 10.7. The van der Waals surface area contributed by atoms with Gasteiger partial charge in [0.05, 0.1) is 23.1 Å². The number of hydrogen-bond donors (Lipinski definition) is 2. The molecule has 0 aliphatic carbocycles. The Bertz CT molecular complexity index is 1320. The van der Waals surface area contributed by atoms with Crippen molar-refractivity contribution in [2.75, 3.05) is 18.4 Å². The molecule has 0 aliphatic heterocycles. The zero-order valence-electron chi connectivity index (χ0n) is 18.4. The topological polar surface area (TPSA) is 102 Å². The van der Waals surface area contributed by atoms with E-state index in [0.29, 0.717) is 24.5 Å². The van der Waals surface area contributed by atoms with Crippen molar-refractivity contribution in [3.05, 3.63) is 83.9 Å². The minimum absolute atomic E-state index is 0.0122. The molecule has 4 aromatic rings. The molecular weight excluding hydrogens is 461 g/mol. The molecule has 2 aromatic carbocycles. The number of nitrogens with zero attached hydrogens (tertiary/aromatic N) is 4. The maximum Gasteiger partial charge on any atom is 0.419 e. The summed E-state index contributed by atoms with van der Waals surface area (Å²) in [5.41, 5.74) is 1.54. The molecule has 0 saturated carbocycles. The van der Waals surface area contributed by atoms with Gasteiger partial charge in [0.15, 0.2) is 11.6 Å². The van der Waals surface area contributed by atoms with E-state index in [1.54, 1.807) is 0 Å². The van der Waals surface area contributed by atoms with Crippen LogP contribution in [-0.2, 0) is 17.5 Å². The molecule has 0 spiro atoms. The summed E-state index contributed by atoms with van der Waals surface area (Å²) in [6.45, 7) is 0.343. The number of carbonyl (C=O) groups excluding carboxylic acids is 2. The first-order chi connectivity index (χ1) is 16.8. The second-order valence-electron chi connectivity index (χ2n) is 7.69. The first-order valence-electron chi connectivity index (χ1n) is 10.7. The van der Waals surface area contributed by atoms with Crippen LogP contribution in [0.3, 0.4) is 0 Å². The van der Waals surface area contributed by atoms with Crippen molar-refractivity contribution in [3.63, 3.8) is 0 Å². The van der Waals surface area contributed by atoms with E-state index in [9.17, 15) is 22.8 Å². The minimum atomic E-state index is -4.53. The van der Waals surface area contributed by atoms with E-state index in [1.165, 1.54) is 0 Å². The second kappa shape index (κ2) is 10.3. The molecule has 8 nitrogen and oxygen atoms in total. The van der Waals surface area contributed by atoms with E-state index in [-0.39, 0.29) is 37.1 Å². The largest absolute Gasteiger partial charge is 0.419 e. The lowest BCUT2D eigenvalue weighted by molar-refractivity contribution is -0.138. The number of carbonyl (C=O) groups is 2. The summed E-state index contributed by atoms with van der Waals surface area (Å²) in [7, 11) is 0. The van der Waals surface area contributed by atoms with Gasteiger partial charge in [0.2, 0.25) is 5.95 Å². The molecule has 4 rings (SSSR count). The molecule has 0 bridgehead atoms. The number of benzene rings is 2. The van der Waals surface area contributed by atoms with Gasteiger partial charge in [-0.15, -0.1) is 0 Å². The third-order valence-electron chi connectivity index (χ3n) is 5.15. The fourth-order valence-corrected chi connectivity index (χ4v) is 3.40. The summed E-state index contributed by atoms with van der Waals surface area (Å²) in [5, 5.41) is 5.29. The third kappa shape index (κ3) is 5.99. The highest BCUT2D eigenvalue weighted by Crippen LogP contribution is 2.28. The average Bonchev–Trinajstić information content (AvgIpc) is 3.21. The summed E-state index contributed by atoms with van der Waals surface area (Å²) in [5.74, 6) is -0.542. The average molecular weight is 482 g/mol. The predicted molar refractivity (Wildman–Crippen MR) is 123 cm³/mol. The minimum Gasteiger partial charge on any atom is -0.349 e. The standard InChI is InChI=1S/C24H21F3N6O2/c25-24(26,27)17-12-29-23(30-13-17)31-14-18(34)10-11-28-22(35)21-32-19-8-4-5-9-20(19)33(21)15-16-6-2-1-3-7-16/h1-9,12-13H,10-11,14-15H2,(H,28,35)(H,29,30,31). The first kappa shape index (κ1) is 23.9. The Hall–Kier alpha value is -4.28. The number of alkyl halides is 3. The van der Waals surface area contributed by atoms with Gasteiger partial charge in [-0.2, -0.15) is 13.2 Å². The third-order valence-corrected chi connectivity index (χ3v) is 5.15. The molecule has 2 heterocycles. The maximum atomic E-state index is 12.9. The Labute approximate surface area is 198 Å². The molecule has 11 heteroatoms. The summed E-state index contributed by atoms with van der Waals surface area (Å²) < 4.78 is 39.5. The molecule has 180 valence electrons. The van der Waals surface area contributed by atoms with Crippen LogP contribution in [0.15, 0.2) is 67.0 Å². The van der Waals surface area contributed by atoms with Gasteiger partial charge in [-0.3, -0.25) is 9.59 Å². The molecule has 0 atom stereocenters. The number of amides is 1. The smallest absolute Gasteiger partial charge is 0.349 e. The number of aromatic nitrogens is 4. The van der Waals surface area contributed by atoms with Crippen LogP contribution in [0.1, 0.15) is 28.2 Å². The number of anilines is 1. The normalized spacial score (nSPS) is 11.4. The van der Waals surface area contributed by atoms with Crippen LogP contribution >= 0.6 is 0 Å². The Morgan fingerprint density at radius 3 is 2.34 bits per heavy atom. The van der Waals surface area contributed by atoms with Gasteiger partial charge in [0.1, 0.15) is 0 Å². The number of fused-ring (bicyclic) bond motifs is 1. The van der Waals surface area contributed by atoms with E-state index in [4.69, 9.17) is 0 Å². The number of Topliss-reactive ketones (excluding diaryl/α,β-unsaturated/α-hetero) is 1. The van der Waals surface area contributed by atoms with Crippen molar-refractivity contribution in [1.82, 2.24) is 24.8 Å². The lowest BCUT2D eigenvalue weighted by Crippen LogP contribution is -2.30. The number of ketones is 1. The SMILES string of the molecule is O=C(CCNC(=O)c1nc2ccccc2n1Cc1ccccc1)CNc1ncc(C(F)(F)F)cn1. The van der Waals surface area contributed by atoms with Crippen LogP contribution in [0.25, 0.3) is 11.0 Å². The molecule has 0 fully saturated rings. The zero-order chi connectivity index (χ0) is 24.8. The molecule has 35 heavy (non-hydrogen) atoms. The van der Waals surface area contributed by atoms with Gasteiger partial charge < -0.3 is 15.2 Å². The Morgan fingerprint density at radius 1 is 0.943 bits per heavy atom. The van der Waals surface area contributed by atoms with Crippen molar-refractivity contribution >= 4 is 28.7 Å². The van der Waals surface area contributed by atoms with Gasteiger partial charge in [-0.25, -0.2) is 15.0 Å². The lowest BCUT2D eigenvalue weighted by Gasteiger charge is -2.10. The van der Waals surface area contributed by atoms with Crippen LogP contribution < -0.4 is 10.6 Å². The number of halogens is 3. The fraction of sp³-hybridized carbons (Fsp3) is 0.208. The number of hydrogen-bond acceptors (Lipinski definition) is 6. The van der Waals surface area contributed by atoms with Crippen molar-refractivity contribution in [2.45, 2.75) is 19.1 Å². The molecule has 0 radical (unpaired) electrons. The maximum absolute atomic E-state index is 12.9. The molecule has 0 aliphatic rings. The van der Waals surface area contributed by atoms with E-state index in [0.717, 1.165) is 11.1 Å². The summed E-state index contributed by atoms with van der Waals surface area (Å²) in [4.78, 5) is 36.6. The number of para-hydroxylation sites is 2. The highest BCUT2D eigenvalue weighted by atomic mass is 19.4. The molecular formula is C24H21F3N6O2. The monoisotopic (exact) mass is 482 g/mol. The van der Waals surface area contributed by atoms with Crippen LogP contribution in [0.2, 0.25) is 0 Å². The zero-order valence-corrected chi connectivity index (χ0v) is 18.4. The van der Waals surface area contributed by atoms with E-state index < -0.39 is 17.6 Å². The Balaban J connectivity index is 1.33. The second-order valence-corrected chi connectivity index (χ2v) is 7.69. The van der Waals surface area contributed by atoms with Crippen LogP contribution in [0, 0.1) is 0 Å². The predicted octanol–water partition coefficient (Wildman–Crippen LogP) is 3.69. The van der Waals surface area contributed by atoms with Gasteiger partial charge in [-0.05, 0) is 17.7 Å². The van der Waals surface area contributed by atoms with E-state index in [2.05, 4.69) is 25.6 Å². The van der Waals surface area contributed by atoms with Gasteiger partial charge in [0.25, 0.3) is 5.91 Å². The quantitative estimate of drug-likeness (QED) is 0.377. The van der Waals surface area contributed by atoms with Crippen molar-refractivity contribution in [2.24, 2.45) is 0 Å². The van der Waals surface area contributed by atoms with Gasteiger partial charge in [-0.1, -0.05) is 42.5 Å². The molecule has 0 unspecified atom stereocenters. The number of rotatable bonds is 9. The van der Waals surface area contributed by atoms with E-state index in [1.807, 2.05) is 59.2 Å². The van der Waals surface area contributed by atoms with Crippen LogP contribution in [0.5, 0.6) is 0 Å². The van der Waals surface area contributed by atoms with Gasteiger partial charge >= 0.3 is 6.18 Å². The molecule has 1 amide bonds. The van der Waals surface area contributed by atoms with E-state index >= 15 is 0 Å². The number of imidazole rings is 1. The van der Waals surface area contributed by atoms with Crippen LogP contribution in [0.4, 0.5) is 19.1 Å². The highest BCUT2D eigenvalue weighted by Gasteiger charge is 2.31. The summed E-state index contributed by atoms with van der Waals surface area (Å²) in [6, 6.07) is 17.1. The van der Waals surface area contributed by atoms with Crippen molar-refractivity contribution in [3.8, 4) is 0 Å². The van der Waals surface area contributed by atoms with Gasteiger partial charge in [0, 0.05) is 31.9 Å². The summed E-state index contributed by atoms with van der Waals surface area (Å²) in [6.07, 6.45) is -3.24. The highest BCUT2D eigenvalue weighted by molar-refractivity contribution is 5.95. The Morgan fingerprint density at radius 2 is 1.63 bits per heavy atom. The van der Waals surface area contributed by atoms with Crippen LogP contribution in [-0.4, -0.2) is 44.3 Å². The molecule has 2 aromatic heterocycles. The van der Waals surface area contributed by atoms with Crippen molar-refractivity contribution < 1.29 is 22.8 Å². The molecule has 0 saturated heterocycles. The lowest BCUT2D eigenvalue weighted by atomic mass is 10.2. The fourth-order valence-electron chi connectivity index (χ4n) is 3.40. The summed E-state index contributed by atoms with van der Waals surface area (Å²) >= 11 is 0. The Kier molecular flexibility index (Phi) is 7.04. The van der Waals surface area contributed by atoms with Crippen molar-refractivity contribution in [1.29, 1.82) is 0 Å². The number of nitrogens with one attached hydrogen (secondary N) is 2. The molecule has 2 N–H and O–H groups in total.